The number of ether oxygens (including phenoxy) is 1. The molecule has 1 aromatic heterocycles. The largest absolute Gasteiger partial charge is 0.493 e. The van der Waals surface area contributed by atoms with Gasteiger partial charge < -0.3 is 10.1 Å². The van der Waals surface area contributed by atoms with Gasteiger partial charge in [-0.15, -0.1) is 11.3 Å². The first-order valence-corrected chi connectivity index (χ1v) is 9.46. The van der Waals surface area contributed by atoms with E-state index in [-0.39, 0.29) is 24.6 Å². The van der Waals surface area contributed by atoms with Crippen molar-refractivity contribution in [2.75, 3.05) is 11.9 Å². The molecule has 0 spiro atoms. The Morgan fingerprint density at radius 3 is 2.59 bits per heavy atom. The average molecular weight is 408 g/mol. The van der Waals surface area contributed by atoms with Crippen LogP contribution in [0.2, 0.25) is 0 Å². The molecule has 1 N–H and O–H groups in total. The van der Waals surface area contributed by atoms with Crippen molar-refractivity contribution in [1.82, 2.24) is 4.98 Å². The Morgan fingerprint density at radius 1 is 1.21 bits per heavy atom. The van der Waals surface area contributed by atoms with E-state index in [9.17, 15) is 14.9 Å². The number of hydrogen-bond acceptors (Lipinski definition) is 7. The number of carbonyl (C=O) groups excluding carboxylic acids is 1. The van der Waals surface area contributed by atoms with Crippen molar-refractivity contribution in [3.8, 4) is 11.8 Å². The van der Waals surface area contributed by atoms with Crippen molar-refractivity contribution in [3.05, 3.63) is 80.8 Å². The zero-order chi connectivity index (χ0) is 20.6. The highest BCUT2D eigenvalue weighted by molar-refractivity contribution is 7.15. The van der Waals surface area contributed by atoms with Crippen molar-refractivity contribution < 1.29 is 14.5 Å². The van der Waals surface area contributed by atoms with Gasteiger partial charge in [-0.05, 0) is 29.8 Å². The molecule has 0 unspecified atom stereocenters. The van der Waals surface area contributed by atoms with Crippen LogP contribution in [-0.4, -0.2) is 22.4 Å². The lowest BCUT2D eigenvalue weighted by molar-refractivity contribution is -0.384. The molecule has 0 fully saturated rings. The summed E-state index contributed by atoms with van der Waals surface area (Å²) in [6.45, 7) is 0.146. The molecule has 1 amide bonds. The van der Waals surface area contributed by atoms with Gasteiger partial charge in [0.1, 0.15) is 5.75 Å². The van der Waals surface area contributed by atoms with Gasteiger partial charge in [-0.25, -0.2) is 4.98 Å². The number of benzene rings is 2. The van der Waals surface area contributed by atoms with Crippen LogP contribution in [0.25, 0.3) is 0 Å². The number of carbonyl (C=O) groups is 1. The van der Waals surface area contributed by atoms with Crippen LogP contribution in [0.5, 0.6) is 5.75 Å². The maximum atomic E-state index is 12.0. The fourth-order valence-electron chi connectivity index (χ4n) is 2.45. The number of rotatable bonds is 8. The minimum Gasteiger partial charge on any atom is -0.493 e. The molecule has 0 aliphatic rings. The topological polar surface area (TPSA) is 118 Å². The molecule has 9 heteroatoms. The highest BCUT2D eigenvalue weighted by Gasteiger charge is 2.09. The molecule has 0 saturated carbocycles. The normalized spacial score (nSPS) is 10.2. The summed E-state index contributed by atoms with van der Waals surface area (Å²) in [6, 6.07) is 15.1. The Labute approximate surface area is 170 Å². The molecule has 0 aliphatic carbocycles. The van der Waals surface area contributed by atoms with E-state index in [1.54, 1.807) is 18.3 Å². The van der Waals surface area contributed by atoms with Gasteiger partial charge in [0.2, 0.25) is 5.91 Å². The number of thiazole rings is 1. The van der Waals surface area contributed by atoms with Gasteiger partial charge in [0, 0.05) is 29.6 Å². The van der Waals surface area contributed by atoms with Crippen LogP contribution < -0.4 is 10.1 Å². The molecule has 0 aliphatic heterocycles. The second kappa shape index (κ2) is 9.43. The Bertz CT molecular complexity index is 1040. The molecule has 29 heavy (non-hydrogen) atoms. The van der Waals surface area contributed by atoms with Crippen LogP contribution in [-0.2, 0) is 11.2 Å². The highest BCUT2D eigenvalue weighted by Crippen LogP contribution is 2.22. The molecule has 3 rings (SSSR count). The number of hydrogen-bond donors (Lipinski definition) is 1. The quantitative estimate of drug-likeness (QED) is 0.446. The summed E-state index contributed by atoms with van der Waals surface area (Å²) < 4.78 is 5.43. The second-order valence-electron chi connectivity index (χ2n) is 6.01. The SMILES string of the molecule is N#Cc1ccc(Cc2cnc(NC(=O)CCOc3ccc([N+](=O)[O-])cc3)s2)cc1. The number of anilines is 1. The lowest BCUT2D eigenvalue weighted by Crippen LogP contribution is -2.14. The molecule has 0 bridgehead atoms. The standard InChI is InChI=1S/C20H16N4O4S/c21-12-15-3-1-14(2-4-15)11-18-13-22-20(29-18)23-19(25)9-10-28-17-7-5-16(6-8-17)24(26)27/h1-8,13H,9-11H2,(H,22,23,25). The maximum Gasteiger partial charge on any atom is 0.269 e. The van der Waals surface area contributed by atoms with Crippen molar-refractivity contribution in [2.45, 2.75) is 12.8 Å². The lowest BCUT2D eigenvalue weighted by Gasteiger charge is -2.05. The third-order valence-corrected chi connectivity index (χ3v) is 4.82. The van der Waals surface area contributed by atoms with Crippen molar-refractivity contribution in [1.29, 1.82) is 5.26 Å². The zero-order valence-corrected chi connectivity index (χ0v) is 16.0. The summed E-state index contributed by atoms with van der Waals surface area (Å²) in [6.07, 6.45) is 2.51. The Balaban J connectivity index is 1.44. The third-order valence-electron chi connectivity index (χ3n) is 3.91. The summed E-state index contributed by atoms with van der Waals surface area (Å²) >= 11 is 1.39. The smallest absolute Gasteiger partial charge is 0.269 e. The Morgan fingerprint density at radius 2 is 1.93 bits per heavy atom. The van der Waals surface area contributed by atoms with E-state index >= 15 is 0 Å². The monoisotopic (exact) mass is 408 g/mol. The van der Waals surface area contributed by atoms with E-state index in [2.05, 4.69) is 16.4 Å². The lowest BCUT2D eigenvalue weighted by atomic mass is 10.1. The number of nitrogens with zero attached hydrogens (tertiary/aromatic N) is 3. The minimum atomic E-state index is -0.485. The molecule has 1 heterocycles. The Hall–Kier alpha value is -3.77. The van der Waals surface area contributed by atoms with E-state index in [0.717, 1.165) is 10.4 Å². The van der Waals surface area contributed by atoms with E-state index in [4.69, 9.17) is 10.00 Å². The van der Waals surface area contributed by atoms with Crippen LogP contribution in [0.15, 0.2) is 54.7 Å². The molecular formula is C20H16N4O4S. The first-order chi connectivity index (χ1) is 14.0. The van der Waals surface area contributed by atoms with Gasteiger partial charge in [-0.1, -0.05) is 12.1 Å². The molecule has 8 nitrogen and oxygen atoms in total. The fourth-order valence-corrected chi connectivity index (χ4v) is 3.32. The molecule has 146 valence electrons. The van der Waals surface area contributed by atoms with E-state index in [1.165, 1.54) is 35.6 Å². The predicted molar refractivity (Wildman–Crippen MR) is 108 cm³/mol. The number of amides is 1. The van der Waals surface area contributed by atoms with Crippen molar-refractivity contribution >= 4 is 28.1 Å². The van der Waals surface area contributed by atoms with Crippen LogP contribution in [0, 0.1) is 21.4 Å². The van der Waals surface area contributed by atoms with Crippen LogP contribution >= 0.6 is 11.3 Å². The first-order valence-electron chi connectivity index (χ1n) is 8.64. The summed E-state index contributed by atoms with van der Waals surface area (Å²) in [5.41, 5.74) is 1.65. The van der Waals surface area contributed by atoms with Crippen LogP contribution in [0.3, 0.4) is 0 Å². The zero-order valence-electron chi connectivity index (χ0n) is 15.2. The number of nitro benzene ring substituents is 1. The molecule has 0 atom stereocenters. The molecular weight excluding hydrogens is 392 g/mol. The number of aromatic nitrogens is 1. The summed E-state index contributed by atoms with van der Waals surface area (Å²) in [5.74, 6) is 0.230. The minimum absolute atomic E-state index is 0.0179. The van der Waals surface area contributed by atoms with Gasteiger partial charge in [0.15, 0.2) is 5.13 Å². The van der Waals surface area contributed by atoms with E-state index < -0.39 is 4.92 Å². The second-order valence-corrected chi connectivity index (χ2v) is 7.13. The van der Waals surface area contributed by atoms with Crippen LogP contribution in [0.1, 0.15) is 22.4 Å². The number of nitrogens with one attached hydrogen (secondary N) is 1. The van der Waals surface area contributed by atoms with Crippen molar-refractivity contribution in [2.24, 2.45) is 0 Å². The summed E-state index contributed by atoms with van der Waals surface area (Å²) in [7, 11) is 0. The summed E-state index contributed by atoms with van der Waals surface area (Å²) in [5, 5.41) is 22.7. The van der Waals surface area contributed by atoms with E-state index in [1.807, 2.05) is 12.1 Å². The third kappa shape index (κ3) is 5.85. The maximum absolute atomic E-state index is 12.0. The number of nitro groups is 1. The first kappa shape index (κ1) is 20.0. The van der Waals surface area contributed by atoms with Gasteiger partial charge >= 0.3 is 0 Å². The highest BCUT2D eigenvalue weighted by atomic mass is 32.1. The Kier molecular flexibility index (Phi) is 6.50. The van der Waals surface area contributed by atoms with Gasteiger partial charge in [0.25, 0.3) is 5.69 Å². The number of nitriles is 1. The molecule has 2 aromatic carbocycles. The van der Waals surface area contributed by atoms with Gasteiger partial charge in [-0.3, -0.25) is 14.9 Å². The van der Waals surface area contributed by atoms with E-state index in [0.29, 0.717) is 22.9 Å². The van der Waals surface area contributed by atoms with Gasteiger partial charge in [-0.2, -0.15) is 5.26 Å². The van der Waals surface area contributed by atoms with Crippen molar-refractivity contribution in [3.63, 3.8) is 0 Å². The fraction of sp³-hybridized carbons (Fsp3) is 0.150. The average Bonchev–Trinajstić information content (AvgIpc) is 3.15. The number of non-ortho nitro benzene ring substituents is 1. The molecule has 0 saturated heterocycles. The van der Waals surface area contributed by atoms with Gasteiger partial charge in [0.05, 0.1) is 29.6 Å². The molecule has 0 radical (unpaired) electrons. The predicted octanol–water partition coefficient (Wildman–Crippen LogP) is 3.92. The summed E-state index contributed by atoms with van der Waals surface area (Å²) in [4.78, 5) is 27.4. The molecule has 3 aromatic rings. The van der Waals surface area contributed by atoms with Crippen LogP contribution in [0.4, 0.5) is 10.8 Å².